The Kier molecular flexibility index (Phi) is 4.33. The van der Waals surface area contributed by atoms with Crippen LogP contribution in [0.15, 0.2) is 5.38 Å². The molecule has 3 N–H and O–H groups in total. The van der Waals surface area contributed by atoms with Crippen LogP contribution in [0.4, 0.5) is 0 Å². The molecule has 2 fully saturated rings. The van der Waals surface area contributed by atoms with Gasteiger partial charge in [-0.3, -0.25) is 15.1 Å². The molecule has 1 aromatic rings. The van der Waals surface area contributed by atoms with Crippen LogP contribution in [0.5, 0.6) is 0 Å². The van der Waals surface area contributed by atoms with E-state index in [1.807, 2.05) is 5.38 Å². The second-order valence-electron chi connectivity index (χ2n) is 5.95. The van der Waals surface area contributed by atoms with Crippen molar-refractivity contribution in [1.82, 2.24) is 15.3 Å². The zero-order valence-electron chi connectivity index (χ0n) is 11.7. The number of nitrogens with two attached hydrogens (primary N) is 1. The number of thiazole rings is 1. The quantitative estimate of drug-likeness (QED) is 0.506. The molecule has 1 aromatic heterocycles. The maximum atomic E-state index is 11.4. The molecule has 2 atom stereocenters. The smallest absolute Gasteiger partial charge is 0.294 e. The Morgan fingerprint density at radius 3 is 3.00 bits per heavy atom. The van der Waals surface area contributed by atoms with E-state index in [2.05, 4.69) is 15.3 Å². The highest BCUT2D eigenvalue weighted by Crippen LogP contribution is 2.36. The summed E-state index contributed by atoms with van der Waals surface area (Å²) in [5.74, 6) is 6.66. The van der Waals surface area contributed by atoms with Crippen LogP contribution in [-0.2, 0) is 6.54 Å². The van der Waals surface area contributed by atoms with Gasteiger partial charge in [-0.25, -0.2) is 10.8 Å². The fourth-order valence-corrected chi connectivity index (χ4v) is 4.31. The van der Waals surface area contributed by atoms with Crippen LogP contribution in [0.2, 0.25) is 0 Å². The number of nitrogen functional groups attached to an aromatic ring is 1. The maximum Gasteiger partial charge on any atom is 0.294 e. The first-order valence-electron chi connectivity index (χ1n) is 7.44. The van der Waals surface area contributed by atoms with Crippen molar-refractivity contribution in [2.75, 3.05) is 13.1 Å². The molecular weight excluding hydrogens is 272 g/mol. The van der Waals surface area contributed by atoms with E-state index in [-0.39, 0.29) is 5.91 Å². The first-order valence-corrected chi connectivity index (χ1v) is 8.32. The number of rotatable bonds is 3. The molecule has 1 saturated carbocycles. The van der Waals surface area contributed by atoms with Crippen molar-refractivity contribution in [2.24, 2.45) is 17.7 Å². The second-order valence-corrected chi connectivity index (χ2v) is 6.80. The highest BCUT2D eigenvalue weighted by Gasteiger charge is 2.31. The lowest BCUT2D eigenvalue weighted by atomic mass is 9.75. The summed E-state index contributed by atoms with van der Waals surface area (Å²) in [6, 6.07) is 0. The van der Waals surface area contributed by atoms with Gasteiger partial charge >= 0.3 is 0 Å². The summed E-state index contributed by atoms with van der Waals surface area (Å²) in [7, 11) is 0. The Hall–Kier alpha value is -0.980. The molecule has 3 rings (SSSR count). The van der Waals surface area contributed by atoms with Crippen molar-refractivity contribution in [2.45, 2.75) is 38.6 Å². The number of carbonyl (C=O) groups is 1. The zero-order valence-corrected chi connectivity index (χ0v) is 12.5. The van der Waals surface area contributed by atoms with Crippen LogP contribution < -0.4 is 11.3 Å². The van der Waals surface area contributed by atoms with E-state index in [9.17, 15) is 4.79 Å². The van der Waals surface area contributed by atoms with Crippen LogP contribution in [0.25, 0.3) is 0 Å². The largest absolute Gasteiger partial charge is 0.297 e. The molecule has 1 saturated heterocycles. The minimum atomic E-state index is -0.299. The topological polar surface area (TPSA) is 71.2 Å². The zero-order chi connectivity index (χ0) is 13.9. The van der Waals surface area contributed by atoms with E-state index >= 15 is 0 Å². The maximum absolute atomic E-state index is 11.4. The molecule has 110 valence electrons. The number of likely N-dealkylation sites (tertiary alicyclic amines) is 1. The average molecular weight is 294 g/mol. The summed E-state index contributed by atoms with van der Waals surface area (Å²) >= 11 is 1.36. The predicted molar refractivity (Wildman–Crippen MR) is 79.1 cm³/mol. The molecule has 0 radical (unpaired) electrons. The Labute approximate surface area is 123 Å². The van der Waals surface area contributed by atoms with E-state index in [0.717, 1.165) is 30.6 Å². The number of hydrogen-bond donors (Lipinski definition) is 2. The van der Waals surface area contributed by atoms with Gasteiger partial charge in [0.15, 0.2) is 5.01 Å². The normalized spacial score (nSPS) is 27.1. The van der Waals surface area contributed by atoms with Crippen molar-refractivity contribution in [3.63, 3.8) is 0 Å². The third-order valence-corrected chi connectivity index (χ3v) is 5.53. The van der Waals surface area contributed by atoms with Gasteiger partial charge in [0.2, 0.25) is 0 Å². The third kappa shape index (κ3) is 3.02. The highest BCUT2D eigenvalue weighted by molar-refractivity contribution is 7.11. The Bertz CT molecular complexity index is 475. The van der Waals surface area contributed by atoms with E-state index in [1.54, 1.807) is 0 Å². The van der Waals surface area contributed by atoms with Crippen LogP contribution in [0, 0.1) is 11.8 Å². The van der Waals surface area contributed by atoms with Crippen molar-refractivity contribution >= 4 is 17.2 Å². The van der Waals surface area contributed by atoms with E-state index < -0.39 is 0 Å². The molecule has 0 aromatic carbocycles. The van der Waals surface area contributed by atoms with Crippen LogP contribution in [0.1, 0.15) is 47.6 Å². The molecule has 0 spiro atoms. The van der Waals surface area contributed by atoms with Crippen LogP contribution in [-0.4, -0.2) is 28.9 Å². The van der Waals surface area contributed by atoms with Gasteiger partial charge in [-0.2, -0.15) is 0 Å². The second kappa shape index (κ2) is 6.20. The number of aromatic nitrogens is 1. The van der Waals surface area contributed by atoms with E-state index in [4.69, 9.17) is 5.84 Å². The van der Waals surface area contributed by atoms with Gasteiger partial charge in [0.1, 0.15) is 0 Å². The van der Waals surface area contributed by atoms with Crippen LogP contribution in [0.3, 0.4) is 0 Å². The highest BCUT2D eigenvalue weighted by atomic mass is 32.1. The van der Waals surface area contributed by atoms with E-state index in [0.29, 0.717) is 5.01 Å². The van der Waals surface area contributed by atoms with Gasteiger partial charge in [-0.1, -0.05) is 19.3 Å². The van der Waals surface area contributed by atoms with Gasteiger partial charge in [0, 0.05) is 18.5 Å². The number of fused-ring (bicyclic) bond motifs is 1. The number of piperidine rings is 1. The Morgan fingerprint density at radius 1 is 1.40 bits per heavy atom. The van der Waals surface area contributed by atoms with Crippen molar-refractivity contribution in [1.29, 1.82) is 0 Å². The number of carbonyl (C=O) groups excluding carboxylic acids is 1. The molecule has 1 aliphatic heterocycles. The van der Waals surface area contributed by atoms with Crippen molar-refractivity contribution in [3.8, 4) is 0 Å². The summed E-state index contributed by atoms with van der Waals surface area (Å²) in [5.41, 5.74) is 3.12. The number of nitrogens with one attached hydrogen (secondary N) is 1. The van der Waals surface area contributed by atoms with Gasteiger partial charge in [0.05, 0.1) is 5.69 Å². The van der Waals surface area contributed by atoms with Gasteiger partial charge in [-0.05, 0) is 31.2 Å². The summed E-state index contributed by atoms with van der Waals surface area (Å²) in [4.78, 5) is 18.3. The summed E-state index contributed by atoms with van der Waals surface area (Å²) in [6.07, 6.45) is 6.96. The first kappa shape index (κ1) is 14.0. The monoisotopic (exact) mass is 294 g/mol. The number of hydrazine groups is 1. The third-order valence-electron chi connectivity index (χ3n) is 4.64. The van der Waals surface area contributed by atoms with Gasteiger partial charge < -0.3 is 0 Å². The minimum absolute atomic E-state index is 0.299. The Morgan fingerprint density at radius 2 is 2.20 bits per heavy atom. The minimum Gasteiger partial charge on any atom is -0.297 e. The number of nitrogens with zero attached hydrogens (tertiary/aromatic N) is 2. The fraction of sp³-hybridized carbons (Fsp3) is 0.714. The molecule has 2 aliphatic rings. The van der Waals surface area contributed by atoms with Crippen molar-refractivity contribution in [3.05, 3.63) is 16.1 Å². The summed E-state index contributed by atoms with van der Waals surface area (Å²) in [6.45, 7) is 3.22. The lowest BCUT2D eigenvalue weighted by molar-refractivity contribution is 0.0812. The molecule has 2 unspecified atom stereocenters. The lowest BCUT2D eigenvalue weighted by Gasteiger charge is -2.41. The summed E-state index contributed by atoms with van der Waals surface area (Å²) in [5, 5.41) is 2.42. The van der Waals surface area contributed by atoms with Crippen LogP contribution >= 0.6 is 11.3 Å². The fourth-order valence-electron chi connectivity index (χ4n) is 3.59. The van der Waals surface area contributed by atoms with E-state index in [1.165, 1.54) is 50.0 Å². The molecule has 2 heterocycles. The molecule has 5 nitrogen and oxygen atoms in total. The molecule has 20 heavy (non-hydrogen) atoms. The SMILES string of the molecule is NNC(=O)c1nc(CN2CCC3CCCCC3C2)cs1. The first-order chi connectivity index (χ1) is 9.76. The van der Waals surface area contributed by atoms with Gasteiger partial charge in [0.25, 0.3) is 5.91 Å². The molecule has 1 amide bonds. The molecule has 1 aliphatic carbocycles. The predicted octanol–water partition coefficient (Wildman–Crippen LogP) is 1.76. The van der Waals surface area contributed by atoms with Gasteiger partial charge in [-0.15, -0.1) is 11.3 Å². The number of hydrogen-bond acceptors (Lipinski definition) is 5. The summed E-state index contributed by atoms with van der Waals surface area (Å²) < 4.78 is 0. The lowest BCUT2D eigenvalue weighted by Crippen LogP contribution is -2.41. The average Bonchev–Trinajstić information content (AvgIpc) is 2.95. The molecular formula is C14H22N4OS. The standard InChI is InChI=1S/C14H22N4OS/c15-17-13(19)14-16-12(9-20-14)8-18-6-5-10-3-1-2-4-11(10)7-18/h9-11H,1-8,15H2,(H,17,19). The molecule has 0 bridgehead atoms. The number of amides is 1. The Balaban J connectivity index is 1.58. The van der Waals surface area contributed by atoms with Crippen molar-refractivity contribution < 1.29 is 4.79 Å². The molecule has 6 heteroatoms.